The maximum absolute atomic E-state index is 9.55. The molecule has 5 nitrogen and oxygen atoms in total. The Morgan fingerprint density at radius 1 is 1.05 bits per heavy atom. The Labute approximate surface area is 130 Å². The van der Waals surface area contributed by atoms with Crippen molar-refractivity contribution in [1.29, 1.82) is 10.5 Å². The topological polar surface area (TPSA) is 103 Å². The van der Waals surface area contributed by atoms with Crippen molar-refractivity contribution in [2.24, 2.45) is 11.5 Å². The largest absolute Gasteiger partial charge is 0.384 e. The molecular formula is C17H19N5. The van der Waals surface area contributed by atoms with E-state index in [1.807, 2.05) is 38.1 Å². The maximum Gasteiger partial charge on any atom is 0.119 e. The summed E-state index contributed by atoms with van der Waals surface area (Å²) in [5.41, 5.74) is 15.0. The smallest absolute Gasteiger partial charge is 0.119 e. The highest BCUT2D eigenvalue weighted by Crippen LogP contribution is 2.38. The Bertz CT molecular complexity index is 675. The minimum absolute atomic E-state index is 0.339. The van der Waals surface area contributed by atoms with Gasteiger partial charge in [-0.2, -0.15) is 10.5 Å². The number of allylic oxidation sites excluding steroid dienone is 2. The van der Waals surface area contributed by atoms with Crippen molar-refractivity contribution >= 4 is 0 Å². The van der Waals surface area contributed by atoms with E-state index in [4.69, 9.17) is 11.5 Å². The summed E-state index contributed by atoms with van der Waals surface area (Å²) in [5.74, 6) is 0.182. The zero-order valence-corrected chi connectivity index (χ0v) is 12.8. The second-order valence-corrected chi connectivity index (χ2v) is 5.32. The van der Waals surface area contributed by atoms with E-state index in [-0.39, 0.29) is 0 Å². The van der Waals surface area contributed by atoms with E-state index in [9.17, 15) is 10.5 Å². The number of nitrogens with zero attached hydrogens (tertiary/aromatic N) is 3. The molecular weight excluding hydrogens is 274 g/mol. The first-order chi connectivity index (χ1) is 10.5. The first-order valence-electron chi connectivity index (χ1n) is 7.18. The fourth-order valence-corrected chi connectivity index (χ4v) is 2.66. The summed E-state index contributed by atoms with van der Waals surface area (Å²) in [6.07, 6.45) is 0.814. The van der Waals surface area contributed by atoms with Crippen LogP contribution in [0.2, 0.25) is 0 Å². The Morgan fingerprint density at radius 3 is 1.95 bits per heavy atom. The van der Waals surface area contributed by atoms with Crippen LogP contribution in [0.3, 0.4) is 0 Å². The molecule has 0 aliphatic carbocycles. The van der Waals surface area contributed by atoms with Crippen LogP contribution < -0.4 is 11.5 Å². The Morgan fingerprint density at radius 2 is 1.55 bits per heavy atom. The molecule has 1 heterocycles. The van der Waals surface area contributed by atoms with Crippen LogP contribution in [0.4, 0.5) is 0 Å². The van der Waals surface area contributed by atoms with Gasteiger partial charge >= 0.3 is 0 Å². The zero-order chi connectivity index (χ0) is 16.3. The molecule has 0 spiro atoms. The summed E-state index contributed by atoms with van der Waals surface area (Å²) >= 11 is 0. The van der Waals surface area contributed by atoms with Crippen molar-refractivity contribution < 1.29 is 0 Å². The first kappa shape index (κ1) is 15.5. The fourth-order valence-electron chi connectivity index (χ4n) is 2.66. The minimum Gasteiger partial charge on any atom is -0.384 e. The van der Waals surface area contributed by atoms with Gasteiger partial charge in [-0.15, -0.1) is 0 Å². The monoisotopic (exact) mass is 293 g/mol. The third kappa shape index (κ3) is 2.49. The predicted octanol–water partition coefficient (Wildman–Crippen LogP) is 2.19. The molecule has 1 aromatic carbocycles. The highest BCUT2D eigenvalue weighted by atomic mass is 15.3. The van der Waals surface area contributed by atoms with Crippen molar-refractivity contribution in [3.8, 4) is 12.1 Å². The van der Waals surface area contributed by atoms with Gasteiger partial charge in [-0.05, 0) is 18.9 Å². The van der Waals surface area contributed by atoms with E-state index >= 15 is 0 Å². The van der Waals surface area contributed by atoms with E-state index < -0.39 is 5.92 Å². The summed E-state index contributed by atoms with van der Waals surface area (Å²) < 4.78 is 0. The molecule has 0 amide bonds. The van der Waals surface area contributed by atoms with E-state index in [1.54, 1.807) is 4.90 Å². The molecule has 2 rings (SSSR count). The van der Waals surface area contributed by atoms with Crippen molar-refractivity contribution in [2.45, 2.75) is 26.2 Å². The molecule has 0 bridgehead atoms. The minimum atomic E-state index is -0.497. The molecule has 0 unspecified atom stereocenters. The van der Waals surface area contributed by atoms with Gasteiger partial charge in [0.25, 0.3) is 0 Å². The van der Waals surface area contributed by atoms with Gasteiger partial charge in [0.1, 0.15) is 11.6 Å². The van der Waals surface area contributed by atoms with E-state index in [0.29, 0.717) is 29.3 Å². The molecule has 0 saturated heterocycles. The molecule has 0 saturated carbocycles. The van der Waals surface area contributed by atoms with Crippen LogP contribution >= 0.6 is 0 Å². The molecule has 4 N–H and O–H groups in total. The van der Waals surface area contributed by atoms with Gasteiger partial charge in [0, 0.05) is 6.54 Å². The summed E-state index contributed by atoms with van der Waals surface area (Å²) in [6.45, 7) is 4.55. The van der Waals surface area contributed by atoms with Gasteiger partial charge in [0.05, 0.1) is 29.2 Å². The second kappa shape index (κ2) is 6.24. The standard InChI is InChI=1S/C17H19N5/c1-3-8-22-16(20)13(9-18)15(14(10-19)17(22)21)12-6-4-11(2)5-7-12/h4-7,15H,3,8,20-21H2,1-2H3. The van der Waals surface area contributed by atoms with Crippen LogP contribution in [0.1, 0.15) is 30.4 Å². The van der Waals surface area contributed by atoms with Gasteiger partial charge in [0.2, 0.25) is 0 Å². The normalized spacial score (nSPS) is 15.7. The molecule has 0 aromatic heterocycles. The van der Waals surface area contributed by atoms with Gasteiger partial charge < -0.3 is 16.4 Å². The third-order valence-corrected chi connectivity index (χ3v) is 3.81. The summed E-state index contributed by atoms with van der Waals surface area (Å²) in [4.78, 5) is 1.65. The molecule has 0 fully saturated rings. The van der Waals surface area contributed by atoms with Crippen LogP contribution in [0.25, 0.3) is 0 Å². The Balaban J connectivity index is 2.63. The molecule has 22 heavy (non-hydrogen) atoms. The lowest BCUT2D eigenvalue weighted by Crippen LogP contribution is -2.38. The lowest BCUT2D eigenvalue weighted by atomic mass is 9.82. The molecule has 112 valence electrons. The van der Waals surface area contributed by atoms with Gasteiger partial charge in [0.15, 0.2) is 0 Å². The summed E-state index contributed by atoms with van der Waals surface area (Å²) in [6, 6.07) is 12.0. The fraction of sp³-hybridized carbons (Fsp3) is 0.294. The third-order valence-electron chi connectivity index (χ3n) is 3.81. The number of nitriles is 2. The van der Waals surface area contributed by atoms with Crippen LogP contribution in [-0.2, 0) is 0 Å². The Hall–Kier alpha value is -2.92. The first-order valence-corrected chi connectivity index (χ1v) is 7.18. The van der Waals surface area contributed by atoms with Crippen LogP contribution in [0.15, 0.2) is 47.1 Å². The van der Waals surface area contributed by atoms with E-state index in [1.165, 1.54) is 0 Å². The van der Waals surface area contributed by atoms with Crippen molar-refractivity contribution in [3.05, 3.63) is 58.2 Å². The molecule has 0 atom stereocenters. The summed E-state index contributed by atoms with van der Waals surface area (Å²) in [7, 11) is 0. The van der Waals surface area contributed by atoms with Crippen molar-refractivity contribution in [3.63, 3.8) is 0 Å². The van der Waals surface area contributed by atoms with Gasteiger partial charge in [-0.1, -0.05) is 36.8 Å². The molecule has 1 aliphatic rings. The van der Waals surface area contributed by atoms with Crippen molar-refractivity contribution in [2.75, 3.05) is 6.54 Å². The molecule has 0 radical (unpaired) electrons. The number of aryl methyl sites for hydroxylation is 1. The molecule has 1 aromatic rings. The van der Waals surface area contributed by atoms with Gasteiger partial charge in [-0.3, -0.25) is 0 Å². The average Bonchev–Trinajstić information content (AvgIpc) is 2.52. The van der Waals surface area contributed by atoms with E-state index in [0.717, 1.165) is 17.5 Å². The number of benzene rings is 1. The lowest BCUT2D eigenvalue weighted by Gasteiger charge is -2.34. The average molecular weight is 293 g/mol. The van der Waals surface area contributed by atoms with Gasteiger partial charge in [-0.25, -0.2) is 0 Å². The van der Waals surface area contributed by atoms with Crippen LogP contribution in [0.5, 0.6) is 0 Å². The highest BCUT2D eigenvalue weighted by Gasteiger charge is 2.34. The maximum atomic E-state index is 9.55. The molecule has 1 aliphatic heterocycles. The number of hydrogen-bond donors (Lipinski definition) is 2. The van der Waals surface area contributed by atoms with Crippen LogP contribution in [0, 0.1) is 29.6 Å². The quantitative estimate of drug-likeness (QED) is 0.889. The van der Waals surface area contributed by atoms with Crippen LogP contribution in [-0.4, -0.2) is 11.4 Å². The summed E-state index contributed by atoms with van der Waals surface area (Å²) in [5, 5.41) is 19.1. The second-order valence-electron chi connectivity index (χ2n) is 5.32. The highest BCUT2D eigenvalue weighted by molar-refractivity contribution is 5.55. The number of nitrogens with two attached hydrogens (primary N) is 2. The van der Waals surface area contributed by atoms with Crippen molar-refractivity contribution in [1.82, 2.24) is 4.90 Å². The number of rotatable bonds is 3. The predicted molar refractivity (Wildman–Crippen MR) is 84.6 cm³/mol. The molecule has 5 heteroatoms. The SMILES string of the molecule is CCCN1C(N)=C(C#N)C(c2ccc(C)cc2)C(C#N)=C1N. The zero-order valence-electron chi connectivity index (χ0n) is 12.8. The number of hydrogen-bond acceptors (Lipinski definition) is 5. The van der Waals surface area contributed by atoms with E-state index in [2.05, 4.69) is 12.1 Å². The Kier molecular flexibility index (Phi) is 4.39. The lowest BCUT2D eigenvalue weighted by molar-refractivity contribution is 0.395.